The fourth-order valence-electron chi connectivity index (χ4n) is 9.08. The van der Waals surface area contributed by atoms with E-state index in [4.69, 9.17) is 22.9 Å². The van der Waals surface area contributed by atoms with Gasteiger partial charge in [0.2, 0.25) is 0 Å². The van der Waals surface area contributed by atoms with E-state index in [2.05, 4.69) is 28.0 Å². The summed E-state index contributed by atoms with van der Waals surface area (Å²) in [6.45, 7) is 7.88. The van der Waals surface area contributed by atoms with Crippen molar-refractivity contribution >= 4 is 11.8 Å². The van der Waals surface area contributed by atoms with E-state index in [0.29, 0.717) is 67.9 Å². The Labute approximate surface area is 263 Å². The van der Waals surface area contributed by atoms with Crippen LogP contribution in [-0.2, 0) is 0 Å². The van der Waals surface area contributed by atoms with E-state index in [-0.39, 0.29) is 11.8 Å². The van der Waals surface area contributed by atoms with Crippen molar-refractivity contribution in [2.24, 2.45) is 46.6 Å². The molecule has 9 unspecified atom stereocenters. The lowest BCUT2D eigenvalue weighted by molar-refractivity contribution is 0.0512. The van der Waals surface area contributed by atoms with Crippen molar-refractivity contribution in [3.05, 3.63) is 29.3 Å². The second-order valence-electron chi connectivity index (χ2n) is 14.0. The Morgan fingerprint density at radius 2 is 1.28 bits per heavy atom. The summed E-state index contributed by atoms with van der Waals surface area (Å²) < 4.78 is 31.0. The fourth-order valence-corrected chi connectivity index (χ4v) is 10.6. The normalized spacial score (nSPS) is 34.5. The van der Waals surface area contributed by atoms with Crippen LogP contribution in [0.1, 0.15) is 80.8 Å². The van der Waals surface area contributed by atoms with E-state index in [1.54, 1.807) is 0 Å². The van der Waals surface area contributed by atoms with Crippen molar-refractivity contribution in [3.8, 4) is 0 Å². The molecule has 1 aliphatic heterocycles. The van der Waals surface area contributed by atoms with Gasteiger partial charge in [0.05, 0.1) is 0 Å². The summed E-state index contributed by atoms with van der Waals surface area (Å²) in [5.74, 6) is 1.97. The predicted octanol–water partition coefficient (Wildman–Crippen LogP) is 4.46. The lowest BCUT2D eigenvalue weighted by Crippen LogP contribution is -2.42. The van der Waals surface area contributed by atoms with Crippen LogP contribution in [-0.4, -0.2) is 92.8 Å². The minimum atomic E-state index is -0.791. The average molecular weight is 621 g/mol. The van der Waals surface area contributed by atoms with Crippen molar-refractivity contribution < 1.29 is 8.78 Å². The Balaban J connectivity index is 1.25. The minimum absolute atomic E-state index is 0.0515. The van der Waals surface area contributed by atoms with Crippen molar-refractivity contribution in [1.82, 2.24) is 9.80 Å². The maximum absolute atomic E-state index is 15.5. The zero-order valence-electron chi connectivity index (χ0n) is 26.2. The number of hydrogen-bond acceptors (Lipinski definition) is 7. The van der Waals surface area contributed by atoms with Crippen molar-refractivity contribution in [2.45, 2.75) is 92.1 Å². The minimum Gasteiger partial charge on any atom is -0.329 e. The van der Waals surface area contributed by atoms with Crippen molar-refractivity contribution in [2.75, 3.05) is 65.4 Å². The van der Waals surface area contributed by atoms with E-state index in [1.165, 1.54) is 16.0 Å². The number of hydrogen-bond donors (Lipinski definition) is 4. The predicted molar refractivity (Wildman–Crippen MR) is 176 cm³/mol. The molecule has 4 aliphatic rings. The van der Waals surface area contributed by atoms with Gasteiger partial charge in [-0.05, 0) is 105 Å². The lowest BCUT2D eigenvalue weighted by atomic mass is 9.66. The Hall–Kier alpha value is -0.810. The van der Waals surface area contributed by atoms with Crippen LogP contribution in [0.2, 0.25) is 0 Å². The van der Waals surface area contributed by atoms with Crippen LogP contribution in [0.25, 0.3) is 0 Å². The first-order valence-electron chi connectivity index (χ1n) is 17.3. The standard InChI is InChI=1S/C34H58F2N6S/c35-31-5-1-23(21-41(13-9-37)14-10-38)17-27(31)25-3-7-33-29(19-25)30-20-26(4-8-34(30)43-33)28-18-24(2-6-32(28)36)22-42(15-11-39)16-12-40/h3,7,19,23-24,26-28,30-32,34H,1-2,4-6,8-18,20-22,37-40H2. The number of rotatable bonds is 14. The van der Waals surface area contributed by atoms with Crippen LogP contribution < -0.4 is 22.9 Å². The molecular weight excluding hydrogens is 562 g/mol. The number of halogens is 2. The molecular formula is C34H58F2N6S. The Morgan fingerprint density at radius 3 is 1.91 bits per heavy atom. The van der Waals surface area contributed by atoms with Gasteiger partial charge >= 0.3 is 0 Å². The SMILES string of the molecule is NCCN(CCN)CC1CCC(F)C(c2ccc3c(c2)C2CC(C4CC(CN(CCN)CCN)CCC4F)CCC2S3)C1. The van der Waals surface area contributed by atoms with Gasteiger partial charge in [-0.25, -0.2) is 8.78 Å². The van der Waals surface area contributed by atoms with Crippen LogP contribution in [0.3, 0.4) is 0 Å². The lowest BCUT2D eigenvalue weighted by Gasteiger charge is -2.42. The third-order valence-corrected chi connectivity index (χ3v) is 12.7. The van der Waals surface area contributed by atoms with Gasteiger partial charge in [0.25, 0.3) is 0 Å². The molecule has 1 aromatic carbocycles. The maximum Gasteiger partial charge on any atom is 0.107 e. The van der Waals surface area contributed by atoms with Gasteiger partial charge in [-0.15, -0.1) is 11.8 Å². The molecule has 9 atom stereocenters. The Kier molecular flexibility index (Phi) is 12.6. The molecule has 8 N–H and O–H groups in total. The maximum atomic E-state index is 15.5. The third kappa shape index (κ3) is 8.32. The molecule has 0 spiro atoms. The van der Waals surface area contributed by atoms with Crippen molar-refractivity contribution in [1.29, 1.82) is 0 Å². The summed E-state index contributed by atoms with van der Waals surface area (Å²) in [6, 6.07) is 6.84. The first-order chi connectivity index (χ1) is 20.9. The molecule has 0 amide bonds. The Morgan fingerprint density at radius 1 is 0.674 bits per heavy atom. The molecule has 244 valence electrons. The van der Waals surface area contributed by atoms with Crippen LogP contribution in [0.15, 0.2) is 23.1 Å². The average Bonchev–Trinajstić information content (AvgIpc) is 3.37. The van der Waals surface area contributed by atoms with Gasteiger partial charge in [-0.3, -0.25) is 0 Å². The van der Waals surface area contributed by atoms with E-state index < -0.39 is 12.3 Å². The summed E-state index contributed by atoms with van der Waals surface area (Å²) in [4.78, 5) is 6.11. The zero-order valence-corrected chi connectivity index (χ0v) is 27.0. The highest BCUT2D eigenvalue weighted by atomic mass is 32.2. The smallest absolute Gasteiger partial charge is 0.107 e. The molecule has 9 heteroatoms. The van der Waals surface area contributed by atoms with E-state index in [1.807, 2.05) is 11.8 Å². The zero-order chi connectivity index (χ0) is 30.3. The van der Waals surface area contributed by atoms with E-state index in [9.17, 15) is 0 Å². The van der Waals surface area contributed by atoms with Gasteiger partial charge in [-0.1, -0.05) is 12.1 Å². The summed E-state index contributed by atoms with van der Waals surface area (Å²) in [5, 5.41) is 0.574. The van der Waals surface area contributed by atoms with Gasteiger partial charge in [0.1, 0.15) is 12.3 Å². The highest BCUT2D eigenvalue weighted by molar-refractivity contribution is 8.00. The summed E-state index contributed by atoms with van der Waals surface area (Å²) in [5.41, 5.74) is 26.0. The van der Waals surface area contributed by atoms with Crippen LogP contribution in [0, 0.1) is 23.7 Å². The first-order valence-corrected chi connectivity index (χ1v) is 18.2. The van der Waals surface area contributed by atoms with Gasteiger partial charge in [-0.2, -0.15) is 0 Å². The number of thioether (sulfide) groups is 1. The van der Waals surface area contributed by atoms with Crippen molar-refractivity contribution in [3.63, 3.8) is 0 Å². The molecule has 1 heterocycles. The molecule has 0 radical (unpaired) electrons. The molecule has 0 aromatic heterocycles. The second-order valence-corrected chi connectivity index (χ2v) is 15.3. The summed E-state index contributed by atoms with van der Waals surface area (Å²) >= 11 is 2.02. The van der Waals surface area contributed by atoms with Gasteiger partial charge in [0.15, 0.2) is 0 Å². The summed E-state index contributed by atoms with van der Waals surface area (Å²) in [6.07, 6.45) is 6.93. The van der Waals surface area contributed by atoms with Crippen LogP contribution in [0.4, 0.5) is 8.78 Å². The highest BCUT2D eigenvalue weighted by Gasteiger charge is 2.44. The molecule has 3 fully saturated rings. The number of nitrogens with two attached hydrogens (primary N) is 4. The van der Waals surface area contributed by atoms with Gasteiger partial charge in [0, 0.05) is 81.5 Å². The molecule has 3 saturated carbocycles. The number of benzene rings is 1. The third-order valence-electron chi connectivity index (χ3n) is 11.2. The topological polar surface area (TPSA) is 111 Å². The van der Waals surface area contributed by atoms with Gasteiger partial charge < -0.3 is 32.7 Å². The molecule has 3 aliphatic carbocycles. The molecule has 1 aromatic rings. The molecule has 43 heavy (non-hydrogen) atoms. The fraction of sp³-hybridized carbons (Fsp3) is 0.824. The van der Waals surface area contributed by atoms with E-state index in [0.717, 1.165) is 84.2 Å². The second kappa shape index (κ2) is 16.1. The number of fused-ring (bicyclic) bond motifs is 3. The number of alkyl halides is 2. The number of nitrogens with zero attached hydrogens (tertiary/aromatic N) is 2. The van der Waals surface area contributed by atoms with Crippen LogP contribution >= 0.6 is 11.8 Å². The van der Waals surface area contributed by atoms with Crippen LogP contribution in [0.5, 0.6) is 0 Å². The molecule has 6 nitrogen and oxygen atoms in total. The highest BCUT2D eigenvalue weighted by Crippen LogP contribution is 2.56. The largest absolute Gasteiger partial charge is 0.329 e. The summed E-state index contributed by atoms with van der Waals surface area (Å²) in [7, 11) is 0. The quantitative estimate of drug-likeness (QED) is 0.243. The molecule has 0 saturated heterocycles. The monoisotopic (exact) mass is 620 g/mol. The Bertz CT molecular complexity index is 990. The molecule has 5 rings (SSSR count). The molecule has 0 bridgehead atoms. The van der Waals surface area contributed by atoms with E-state index >= 15 is 8.78 Å². The first kappa shape index (κ1) is 33.6.